The summed E-state index contributed by atoms with van der Waals surface area (Å²) in [5.41, 5.74) is 0. The third-order valence-electron chi connectivity index (χ3n) is 3.80. The highest BCUT2D eigenvalue weighted by Crippen LogP contribution is 2.66. The molecule has 1 rings (SSSR count). The first-order valence-corrected chi connectivity index (χ1v) is 7.50. The largest absolute Gasteiger partial charge is 0.213 e. The summed E-state index contributed by atoms with van der Waals surface area (Å²) >= 11 is 0. The van der Waals surface area contributed by atoms with E-state index in [1.165, 1.54) is 0 Å². The van der Waals surface area contributed by atoms with Crippen LogP contribution in [0.1, 0.15) is 13.8 Å². The zero-order valence-corrected chi connectivity index (χ0v) is 11.9. The lowest BCUT2D eigenvalue weighted by Crippen LogP contribution is -2.60. The highest BCUT2D eigenvalue weighted by molar-refractivity contribution is 7.88. The molecule has 0 unspecified atom stereocenters. The quantitative estimate of drug-likeness (QED) is 0.602. The van der Waals surface area contributed by atoms with Crippen molar-refractivity contribution in [3.8, 4) is 0 Å². The van der Waals surface area contributed by atoms with Crippen molar-refractivity contribution >= 4 is 49.3 Å². The fraction of sp³-hybridized carbons (Fsp3) is 1.00. The minimum atomic E-state index is -3.49. The van der Waals surface area contributed by atoms with Crippen LogP contribution in [0.15, 0.2) is 0 Å². The minimum absolute atomic E-state index is 0.114. The van der Waals surface area contributed by atoms with Crippen molar-refractivity contribution in [3.05, 3.63) is 0 Å². The Kier molecular flexibility index (Phi) is 3.96. The molecule has 0 aromatic rings. The molecular weight excluding hydrogens is 240 g/mol. The van der Waals surface area contributed by atoms with Gasteiger partial charge >= 0.3 is 0 Å². The van der Waals surface area contributed by atoms with E-state index in [2.05, 4.69) is 0 Å². The maximum absolute atomic E-state index is 11.6. The molecule has 1 aliphatic heterocycles. The second kappa shape index (κ2) is 4.37. The molecule has 1 aliphatic rings. The lowest BCUT2D eigenvalue weighted by atomic mass is 9.20. The minimum Gasteiger partial charge on any atom is -0.213 e. The van der Waals surface area contributed by atoms with Crippen LogP contribution >= 0.6 is 0 Å². The van der Waals surface area contributed by atoms with Crippen LogP contribution in [0, 0.1) is 5.92 Å². The average Bonchev–Trinajstić information content (AvgIpc) is 2.10. The molecule has 1 heterocycles. The van der Waals surface area contributed by atoms with Gasteiger partial charge in [-0.25, -0.2) is 12.7 Å². The highest BCUT2D eigenvalue weighted by atomic mass is 32.2. The van der Waals surface area contributed by atoms with E-state index >= 15 is 0 Å². The zero-order chi connectivity index (χ0) is 14.6. The zero-order valence-electron chi connectivity index (χ0n) is 11.1. The van der Waals surface area contributed by atoms with E-state index in [1.54, 1.807) is 13.8 Å². The Balaban J connectivity index is 3.31. The van der Waals surface area contributed by atoms with Gasteiger partial charge in [0.2, 0.25) is 10.0 Å². The molecule has 3 nitrogen and oxygen atoms in total. The highest BCUT2D eigenvalue weighted by Gasteiger charge is 2.55. The molecule has 0 N–H and O–H groups in total. The molecule has 0 aromatic carbocycles. The van der Waals surface area contributed by atoms with E-state index in [9.17, 15) is 8.42 Å². The van der Waals surface area contributed by atoms with E-state index in [-0.39, 0.29) is 19.0 Å². The van der Waals surface area contributed by atoms with E-state index in [0.717, 1.165) is 10.6 Å². The van der Waals surface area contributed by atoms with Crippen molar-refractivity contribution < 1.29 is 8.42 Å². The van der Waals surface area contributed by atoms with Crippen molar-refractivity contribution in [1.82, 2.24) is 4.31 Å². The maximum Gasteiger partial charge on any atom is 0.211 e. The van der Waals surface area contributed by atoms with Gasteiger partial charge < -0.3 is 0 Å². The lowest BCUT2D eigenvalue weighted by Gasteiger charge is -2.65. The predicted molar refractivity (Wildman–Crippen MR) is 78.1 cm³/mol. The van der Waals surface area contributed by atoms with Crippen molar-refractivity contribution in [3.63, 3.8) is 0 Å². The van der Waals surface area contributed by atoms with Gasteiger partial charge in [0, 0.05) is 13.1 Å². The number of piperidine rings is 1. The van der Waals surface area contributed by atoms with Gasteiger partial charge in [-0.15, -0.1) is 0 Å². The first-order valence-electron chi connectivity index (χ1n) is 5.65. The van der Waals surface area contributed by atoms with Gasteiger partial charge in [-0.2, -0.15) is 0 Å². The molecule has 1 fully saturated rings. The van der Waals surface area contributed by atoms with Crippen molar-refractivity contribution in [2.45, 2.75) is 29.6 Å². The number of nitrogens with zero attached hydrogens (tertiary/aromatic N) is 1. The standard InChI is InChI=1S/C9H14B5NO2S/c1-6(2)9(14)7(10,11)4-15(18(3,16)17)5-8(9,12)13/h6H,4-5H2,1-3H3. The Morgan fingerprint density at radius 1 is 1.00 bits per heavy atom. The molecule has 9 heteroatoms. The number of hydrogen-bond acceptors (Lipinski definition) is 2. The fourth-order valence-corrected chi connectivity index (χ4v) is 3.54. The maximum atomic E-state index is 11.6. The second-order valence-electron chi connectivity index (χ2n) is 5.64. The van der Waals surface area contributed by atoms with Gasteiger partial charge in [0.15, 0.2) is 0 Å². The Morgan fingerprint density at radius 3 is 1.56 bits per heavy atom. The SMILES string of the molecule is [B]C1([B])CN(S(C)(=O)=O)CC([B])([B])C1([B])C(C)C. The third-order valence-corrected chi connectivity index (χ3v) is 4.99. The Bertz CT molecular complexity index is 416. The summed E-state index contributed by atoms with van der Waals surface area (Å²) in [5.74, 6) is -0.204. The van der Waals surface area contributed by atoms with Crippen LogP contribution in [-0.4, -0.2) is 71.3 Å². The van der Waals surface area contributed by atoms with E-state index in [4.69, 9.17) is 39.2 Å². The van der Waals surface area contributed by atoms with Crippen molar-refractivity contribution in [2.24, 2.45) is 5.92 Å². The summed E-state index contributed by atoms with van der Waals surface area (Å²) in [6.45, 7) is 3.38. The molecule has 0 amide bonds. The molecule has 0 atom stereocenters. The van der Waals surface area contributed by atoms with Crippen LogP contribution < -0.4 is 0 Å². The molecular formula is C9H14B5NO2S. The van der Waals surface area contributed by atoms with E-state index < -0.39 is 25.8 Å². The molecule has 1 saturated heterocycles. The number of rotatable bonds is 2. The number of sulfonamides is 1. The molecule has 0 aliphatic carbocycles. The van der Waals surface area contributed by atoms with Crippen molar-refractivity contribution in [1.29, 1.82) is 0 Å². The van der Waals surface area contributed by atoms with Gasteiger partial charge in [-0.05, 0) is 0 Å². The van der Waals surface area contributed by atoms with Crippen LogP contribution in [0.5, 0.6) is 0 Å². The van der Waals surface area contributed by atoms with Gasteiger partial charge in [-0.1, -0.05) is 35.5 Å². The summed E-state index contributed by atoms with van der Waals surface area (Å²) in [6.07, 6.45) is 1.05. The smallest absolute Gasteiger partial charge is 0.211 e. The van der Waals surface area contributed by atoms with Crippen LogP contribution in [-0.2, 0) is 10.0 Å². The predicted octanol–water partition coefficient (Wildman–Crippen LogP) is -0.849. The van der Waals surface area contributed by atoms with Crippen LogP contribution in [0.4, 0.5) is 0 Å². The van der Waals surface area contributed by atoms with Gasteiger partial charge in [0.1, 0.15) is 0 Å². The summed E-state index contributed by atoms with van der Waals surface area (Å²) in [4.78, 5) is 0. The molecule has 0 bridgehead atoms. The second-order valence-corrected chi connectivity index (χ2v) is 7.62. The molecule has 0 aromatic heterocycles. The van der Waals surface area contributed by atoms with Crippen LogP contribution in [0.25, 0.3) is 0 Å². The van der Waals surface area contributed by atoms with Crippen LogP contribution in [0.2, 0.25) is 15.7 Å². The first kappa shape index (κ1) is 16.3. The summed E-state index contributed by atoms with van der Waals surface area (Å²) < 4.78 is 24.3. The molecule has 88 valence electrons. The Hall–Kier alpha value is 0.235. The molecule has 0 spiro atoms. The van der Waals surface area contributed by atoms with Gasteiger partial charge in [0.05, 0.1) is 45.5 Å². The van der Waals surface area contributed by atoms with Gasteiger partial charge in [0.25, 0.3) is 0 Å². The normalized spacial score (nSPS) is 27.1. The van der Waals surface area contributed by atoms with E-state index in [1.807, 2.05) is 0 Å². The Morgan fingerprint density at radius 2 is 1.33 bits per heavy atom. The molecule has 18 heavy (non-hydrogen) atoms. The fourth-order valence-electron chi connectivity index (χ4n) is 2.64. The Labute approximate surface area is 117 Å². The monoisotopic (exact) mass is 255 g/mol. The lowest BCUT2D eigenvalue weighted by molar-refractivity contribution is 0.204. The summed E-state index contributed by atoms with van der Waals surface area (Å²) in [7, 11) is 26.8. The van der Waals surface area contributed by atoms with Gasteiger partial charge in [-0.3, -0.25) is 0 Å². The van der Waals surface area contributed by atoms with Crippen molar-refractivity contribution in [2.75, 3.05) is 19.3 Å². The average molecular weight is 254 g/mol. The molecule has 0 saturated carbocycles. The topological polar surface area (TPSA) is 37.4 Å². The van der Waals surface area contributed by atoms with Crippen LogP contribution in [0.3, 0.4) is 0 Å². The van der Waals surface area contributed by atoms with E-state index in [0.29, 0.717) is 0 Å². The molecule has 10 radical (unpaired) electrons. The summed E-state index contributed by atoms with van der Waals surface area (Å²) in [6, 6.07) is 0. The first-order chi connectivity index (χ1) is 7.76. The summed E-state index contributed by atoms with van der Waals surface area (Å²) in [5, 5.41) is -4.29. The number of hydrogen-bond donors (Lipinski definition) is 0. The third kappa shape index (κ3) is 2.33.